The number of thiophene rings is 1. The zero-order valence-corrected chi connectivity index (χ0v) is 11.5. The molecule has 0 N–H and O–H groups in total. The van der Waals surface area contributed by atoms with E-state index < -0.39 is 0 Å². The Morgan fingerprint density at radius 1 is 0.947 bits per heavy atom. The third-order valence-electron chi connectivity index (χ3n) is 3.57. The zero-order chi connectivity index (χ0) is 12.8. The lowest BCUT2D eigenvalue weighted by Gasteiger charge is -2.18. The van der Waals surface area contributed by atoms with Crippen LogP contribution in [0.5, 0.6) is 0 Å². The molecule has 0 amide bonds. The van der Waals surface area contributed by atoms with Gasteiger partial charge in [-0.3, -0.25) is 0 Å². The second-order valence-electron chi connectivity index (χ2n) is 4.95. The van der Waals surface area contributed by atoms with Gasteiger partial charge >= 0.3 is 0 Å². The Hall–Kier alpha value is -2.00. The molecular weight excluding hydrogens is 252 g/mol. The maximum atomic E-state index is 2.30. The summed E-state index contributed by atoms with van der Waals surface area (Å²) in [6.45, 7) is 0.927. The molecule has 2 heterocycles. The monoisotopic (exact) mass is 266 g/mol. The van der Waals surface area contributed by atoms with E-state index in [2.05, 4.69) is 71.7 Å². The number of rotatable bonds is 1. The summed E-state index contributed by atoms with van der Waals surface area (Å²) in [6, 6.07) is 15.4. The zero-order valence-electron chi connectivity index (χ0n) is 10.7. The van der Waals surface area contributed by atoms with E-state index in [-0.39, 0.29) is 0 Å². The molecule has 0 atom stereocenters. The summed E-state index contributed by atoms with van der Waals surface area (Å²) in [5.74, 6) is 0. The Labute approximate surface area is 116 Å². The van der Waals surface area contributed by atoms with Crippen molar-refractivity contribution in [2.45, 2.75) is 0 Å². The van der Waals surface area contributed by atoms with Crippen LogP contribution in [0.2, 0.25) is 0 Å². The molecule has 0 radical (unpaired) electrons. The molecule has 94 valence electrons. The molecule has 0 spiro atoms. The molecule has 2 nitrogen and oxygen atoms in total. The third kappa shape index (κ3) is 1.70. The average Bonchev–Trinajstić information content (AvgIpc) is 3.01. The first kappa shape index (κ1) is 10.9. The number of hydrogen-bond donors (Lipinski definition) is 0. The van der Waals surface area contributed by atoms with Crippen LogP contribution in [0.1, 0.15) is 0 Å². The quantitative estimate of drug-likeness (QED) is 0.650. The summed E-state index contributed by atoms with van der Waals surface area (Å²) in [4.78, 5) is 4.44. The van der Waals surface area contributed by atoms with Gasteiger partial charge in [-0.25, -0.2) is 0 Å². The van der Waals surface area contributed by atoms with E-state index in [1.165, 1.54) is 25.9 Å². The molecular formula is C16H14N2S. The van der Waals surface area contributed by atoms with E-state index in [4.69, 9.17) is 0 Å². The maximum Gasteiger partial charge on any atom is 0.0938 e. The van der Waals surface area contributed by atoms with Crippen LogP contribution in [-0.2, 0) is 0 Å². The Morgan fingerprint density at radius 3 is 2.63 bits per heavy atom. The summed E-state index contributed by atoms with van der Waals surface area (Å²) in [5, 5.41) is 2.73. The van der Waals surface area contributed by atoms with E-state index in [0.717, 1.165) is 6.67 Å². The number of nitrogens with zero attached hydrogens (tertiary/aromatic N) is 2. The highest BCUT2D eigenvalue weighted by molar-refractivity contribution is 7.25. The van der Waals surface area contributed by atoms with Gasteiger partial charge < -0.3 is 9.80 Å². The molecule has 1 aliphatic rings. The van der Waals surface area contributed by atoms with Crippen LogP contribution in [-0.4, -0.2) is 18.6 Å². The van der Waals surface area contributed by atoms with Gasteiger partial charge in [0.15, 0.2) is 0 Å². The van der Waals surface area contributed by atoms with Crippen LogP contribution in [0.25, 0.3) is 20.2 Å². The molecule has 0 saturated heterocycles. The number of fused-ring (bicyclic) bond motifs is 3. The number of anilines is 1. The largest absolute Gasteiger partial charge is 0.361 e. The fraction of sp³-hybridized carbons (Fsp3) is 0.125. The lowest BCUT2D eigenvalue weighted by molar-refractivity contribution is 0.496. The van der Waals surface area contributed by atoms with E-state index in [1.54, 1.807) is 0 Å². The molecule has 0 unspecified atom stereocenters. The molecule has 0 fully saturated rings. The van der Waals surface area contributed by atoms with Gasteiger partial charge in [0.1, 0.15) is 0 Å². The molecule has 3 heteroatoms. The number of hydrogen-bond acceptors (Lipinski definition) is 3. The Balaban J connectivity index is 1.87. The minimum absolute atomic E-state index is 0.927. The third-order valence-corrected chi connectivity index (χ3v) is 4.70. The first-order valence-corrected chi connectivity index (χ1v) is 7.19. The van der Waals surface area contributed by atoms with E-state index >= 15 is 0 Å². The van der Waals surface area contributed by atoms with Crippen LogP contribution in [0, 0.1) is 0 Å². The standard InChI is InChI=1S/C16H14N2S/c1-17-8-9-18(11-17)12-6-7-14-13-4-2-3-5-15(13)19-16(14)10-12/h2-10H,11H2,1H3. The Morgan fingerprint density at radius 2 is 1.79 bits per heavy atom. The summed E-state index contributed by atoms with van der Waals surface area (Å²) in [5.41, 5.74) is 1.26. The van der Waals surface area contributed by atoms with Crippen LogP contribution in [0.3, 0.4) is 0 Å². The highest BCUT2D eigenvalue weighted by Crippen LogP contribution is 2.36. The predicted molar refractivity (Wildman–Crippen MR) is 83.6 cm³/mol. The van der Waals surface area contributed by atoms with E-state index in [1.807, 2.05) is 11.3 Å². The van der Waals surface area contributed by atoms with E-state index in [0.29, 0.717) is 0 Å². The predicted octanol–water partition coefficient (Wildman–Crippen LogP) is 4.24. The van der Waals surface area contributed by atoms with Crippen LogP contribution in [0.4, 0.5) is 5.69 Å². The first-order valence-electron chi connectivity index (χ1n) is 6.38. The summed E-state index contributed by atoms with van der Waals surface area (Å²) in [6.07, 6.45) is 4.24. The van der Waals surface area contributed by atoms with Crippen molar-refractivity contribution in [1.29, 1.82) is 0 Å². The normalized spacial score (nSPS) is 15.0. The first-order chi connectivity index (χ1) is 9.31. The molecule has 4 rings (SSSR count). The molecule has 0 bridgehead atoms. The van der Waals surface area contributed by atoms with Gasteiger partial charge in [0.2, 0.25) is 0 Å². The second-order valence-corrected chi connectivity index (χ2v) is 6.03. The van der Waals surface area contributed by atoms with Gasteiger partial charge in [-0.05, 0) is 18.2 Å². The van der Waals surface area contributed by atoms with Crippen LogP contribution >= 0.6 is 11.3 Å². The van der Waals surface area contributed by atoms with Gasteiger partial charge in [0.05, 0.1) is 6.67 Å². The van der Waals surface area contributed by atoms with Gasteiger partial charge in [0, 0.05) is 45.3 Å². The van der Waals surface area contributed by atoms with Crippen molar-refractivity contribution in [2.24, 2.45) is 0 Å². The number of benzene rings is 2. The molecule has 1 aromatic heterocycles. The smallest absolute Gasteiger partial charge is 0.0938 e. The summed E-state index contributed by atoms with van der Waals surface area (Å²) >= 11 is 1.87. The van der Waals surface area contributed by atoms with Gasteiger partial charge in [-0.1, -0.05) is 24.3 Å². The summed E-state index contributed by atoms with van der Waals surface area (Å²) in [7, 11) is 2.09. The van der Waals surface area contributed by atoms with E-state index in [9.17, 15) is 0 Å². The van der Waals surface area contributed by atoms with Crippen molar-refractivity contribution in [2.75, 3.05) is 18.6 Å². The SMILES string of the molecule is CN1C=CN(c2ccc3c(c2)sc2ccccc23)C1. The highest BCUT2D eigenvalue weighted by Gasteiger charge is 2.12. The maximum absolute atomic E-state index is 2.30. The molecule has 0 aliphatic carbocycles. The van der Waals surface area contributed by atoms with Crippen molar-refractivity contribution < 1.29 is 0 Å². The lowest BCUT2D eigenvalue weighted by atomic mass is 10.1. The summed E-state index contributed by atoms with van der Waals surface area (Å²) < 4.78 is 2.73. The lowest BCUT2D eigenvalue weighted by Crippen LogP contribution is -2.21. The average molecular weight is 266 g/mol. The molecule has 3 aromatic rings. The molecule has 19 heavy (non-hydrogen) atoms. The fourth-order valence-corrected chi connectivity index (χ4v) is 3.73. The Bertz CT molecular complexity index is 788. The van der Waals surface area contributed by atoms with Crippen LogP contribution < -0.4 is 4.90 Å². The van der Waals surface area contributed by atoms with Crippen molar-refractivity contribution in [3.05, 3.63) is 54.9 Å². The van der Waals surface area contributed by atoms with Crippen molar-refractivity contribution in [1.82, 2.24) is 4.90 Å². The van der Waals surface area contributed by atoms with Gasteiger partial charge in [0.25, 0.3) is 0 Å². The Kier molecular flexibility index (Phi) is 2.29. The van der Waals surface area contributed by atoms with Crippen molar-refractivity contribution >= 4 is 37.2 Å². The highest BCUT2D eigenvalue weighted by atomic mass is 32.1. The fourth-order valence-electron chi connectivity index (χ4n) is 2.59. The van der Waals surface area contributed by atoms with Gasteiger partial charge in [-0.2, -0.15) is 0 Å². The minimum Gasteiger partial charge on any atom is -0.361 e. The molecule has 2 aromatic carbocycles. The van der Waals surface area contributed by atoms with Gasteiger partial charge in [-0.15, -0.1) is 11.3 Å². The molecule has 0 saturated carbocycles. The van der Waals surface area contributed by atoms with Crippen molar-refractivity contribution in [3.63, 3.8) is 0 Å². The van der Waals surface area contributed by atoms with Crippen LogP contribution in [0.15, 0.2) is 54.9 Å². The minimum atomic E-state index is 0.927. The topological polar surface area (TPSA) is 6.48 Å². The second kappa shape index (κ2) is 4.00. The van der Waals surface area contributed by atoms with Crippen molar-refractivity contribution in [3.8, 4) is 0 Å². The molecule has 1 aliphatic heterocycles.